The maximum absolute atomic E-state index is 12.4. The number of likely N-dealkylation sites (tertiary alicyclic amines) is 1. The molecule has 8 nitrogen and oxygen atoms in total. The van der Waals surface area contributed by atoms with Crippen LogP contribution < -0.4 is 5.32 Å². The number of rotatable bonds is 5. The zero-order valence-corrected chi connectivity index (χ0v) is 17.7. The number of nitrogens with one attached hydrogen (secondary N) is 1. The van der Waals surface area contributed by atoms with E-state index in [9.17, 15) is 18.0 Å². The molecule has 1 aromatic carbocycles. The van der Waals surface area contributed by atoms with Crippen LogP contribution in [0.15, 0.2) is 33.6 Å². The van der Waals surface area contributed by atoms with Crippen LogP contribution in [0, 0.1) is 11.8 Å². The predicted molar refractivity (Wildman–Crippen MR) is 108 cm³/mol. The molecular formula is C20H27N3O5S. The number of esters is 1. The van der Waals surface area contributed by atoms with Crippen molar-refractivity contribution >= 4 is 27.7 Å². The topological polar surface area (TPSA) is 105 Å². The lowest BCUT2D eigenvalue weighted by molar-refractivity contribution is -0.159. The Balaban J connectivity index is 1.56. The first-order valence-corrected chi connectivity index (χ1v) is 11.3. The van der Waals surface area contributed by atoms with E-state index in [1.54, 1.807) is 31.2 Å². The summed E-state index contributed by atoms with van der Waals surface area (Å²) in [5.41, 5.74) is 0.601. The minimum Gasteiger partial charge on any atom is -0.452 e. The minimum atomic E-state index is -3.66. The van der Waals surface area contributed by atoms with Crippen LogP contribution in [-0.2, 0) is 24.3 Å². The molecule has 1 atom stereocenters. The molecule has 2 heterocycles. The molecule has 1 N–H and O–H groups in total. The van der Waals surface area contributed by atoms with E-state index in [0.29, 0.717) is 49.8 Å². The Morgan fingerprint density at radius 1 is 1.21 bits per heavy atom. The van der Waals surface area contributed by atoms with E-state index in [1.165, 1.54) is 0 Å². The third-order valence-electron chi connectivity index (χ3n) is 5.09. The van der Waals surface area contributed by atoms with E-state index in [0.717, 1.165) is 0 Å². The van der Waals surface area contributed by atoms with E-state index in [2.05, 4.69) is 9.71 Å². The maximum Gasteiger partial charge on any atom is 0.309 e. The molecule has 2 aliphatic heterocycles. The Kier molecular flexibility index (Phi) is 6.26. The van der Waals surface area contributed by atoms with Gasteiger partial charge in [-0.3, -0.25) is 9.59 Å². The molecule has 1 aromatic rings. The highest BCUT2D eigenvalue weighted by atomic mass is 32.2. The van der Waals surface area contributed by atoms with Gasteiger partial charge in [0.2, 0.25) is 0 Å². The predicted octanol–water partition coefficient (Wildman–Crippen LogP) is 1.55. The number of amidine groups is 1. The number of amides is 1. The number of carbonyl (C=O) groups is 2. The van der Waals surface area contributed by atoms with Crippen LogP contribution in [0.25, 0.3) is 0 Å². The van der Waals surface area contributed by atoms with Gasteiger partial charge in [-0.25, -0.2) is 0 Å². The van der Waals surface area contributed by atoms with Crippen molar-refractivity contribution in [2.24, 2.45) is 16.2 Å². The molecule has 0 aromatic heterocycles. The third kappa shape index (κ3) is 4.77. The molecule has 1 amide bonds. The van der Waals surface area contributed by atoms with Crippen molar-refractivity contribution in [1.82, 2.24) is 10.2 Å². The van der Waals surface area contributed by atoms with Gasteiger partial charge in [0.25, 0.3) is 15.9 Å². The van der Waals surface area contributed by atoms with Gasteiger partial charge in [-0.15, -0.1) is 4.40 Å². The molecular weight excluding hydrogens is 394 g/mol. The summed E-state index contributed by atoms with van der Waals surface area (Å²) in [6.07, 6.45) is 0.191. The highest BCUT2D eigenvalue weighted by Gasteiger charge is 2.35. The van der Waals surface area contributed by atoms with E-state index in [-0.39, 0.29) is 16.7 Å². The third-order valence-corrected chi connectivity index (χ3v) is 6.41. The SMILES string of the molecule is CC(C)CNC(=O)[C@H](C)OC(=O)C1CCN(C2=NS(=O)(=O)c3ccccc32)CC1. The van der Waals surface area contributed by atoms with Crippen LogP contribution in [0.4, 0.5) is 0 Å². The number of nitrogens with zero attached hydrogens (tertiary/aromatic N) is 2. The van der Waals surface area contributed by atoms with Gasteiger partial charge < -0.3 is 15.0 Å². The molecule has 0 saturated carbocycles. The zero-order chi connectivity index (χ0) is 21.2. The minimum absolute atomic E-state index is 0.220. The van der Waals surface area contributed by atoms with Gasteiger partial charge in [0.05, 0.1) is 5.92 Å². The molecule has 1 saturated heterocycles. The normalized spacial score (nSPS) is 19.4. The summed E-state index contributed by atoms with van der Waals surface area (Å²) in [6.45, 7) is 7.07. The highest BCUT2D eigenvalue weighted by Crippen LogP contribution is 2.30. The smallest absolute Gasteiger partial charge is 0.309 e. The number of benzene rings is 1. The Labute approximate surface area is 171 Å². The lowest BCUT2D eigenvalue weighted by atomic mass is 9.96. The monoisotopic (exact) mass is 421 g/mol. The Morgan fingerprint density at radius 2 is 1.86 bits per heavy atom. The highest BCUT2D eigenvalue weighted by molar-refractivity contribution is 7.90. The van der Waals surface area contributed by atoms with Crippen molar-refractivity contribution in [2.75, 3.05) is 19.6 Å². The lowest BCUT2D eigenvalue weighted by Crippen LogP contribution is -2.42. The lowest BCUT2D eigenvalue weighted by Gasteiger charge is -2.32. The van der Waals surface area contributed by atoms with Crippen molar-refractivity contribution < 1.29 is 22.7 Å². The maximum atomic E-state index is 12.4. The second-order valence-corrected chi connectivity index (χ2v) is 9.44. The second-order valence-electron chi connectivity index (χ2n) is 7.87. The molecule has 3 rings (SSSR count). The summed E-state index contributed by atoms with van der Waals surface area (Å²) in [4.78, 5) is 26.5. The molecule has 29 heavy (non-hydrogen) atoms. The van der Waals surface area contributed by atoms with Crippen molar-refractivity contribution in [2.45, 2.75) is 44.6 Å². The Bertz CT molecular complexity index is 918. The number of fused-ring (bicyclic) bond motifs is 1. The number of carbonyl (C=O) groups excluding carboxylic acids is 2. The summed E-state index contributed by atoms with van der Waals surface area (Å²) in [5, 5.41) is 2.75. The van der Waals surface area contributed by atoms with E-state index >= 15 is 0 Å². The average molecular weight is 422 g/mol. The number of hydrogen-bond donors (Lipinski definition) is 1. The fourth-order valence-corrected chi connectivity index (χ4v) is 4.64. The van der Waals surface area contributed by atoms with Crippen molar-refractivity contribution in [1.29, 1.82) is 0 Å². The van der Waals surface area contributed by atoms with Gasteiger partial charge in [0.15, 0.2) is 11.9 Å². The van der Waals surface area contributed by atoms with E-state index in [1.807, 2.05) is 18.7 Å². The van der Waals surface area contributed by atoms with Crippen molar-refractivity contribution in [3.8, 4) is 0 Å². The summed E-state index contributed by atoms with van der Waals surface area (Å²) < 4.78 is 33.7. The van der Waals surface area contributed by atoms with Crippen LogP contribution >= 0.6 is 0 Å². The first kappa shape index (κ1) is 21.3. The molecule has 158 valence electrons. The Hall–Kier alpha value is -2.42. The van der Waals surface area contributed by atoms with Crippen LogP contribution in [0.2, 0.25) is 0 Å². The van der Waals surface area contributed by atoms with Gasteiger partial charge in [-0.05, 0) is 37.8 Å². The standard InChI is InChI=1S/C20H27N3O5S/c1-13(2)12-21-19(24)14(3)28-20(25)15-8-10-23(11-9-15)18-16-6-4-5-7-17(16)29(26,27)22-18/h4-7,13-15H,8-12H2,1-3H3,(H,21,24)/t14-/m0/s1. The fraction of sp³-hybridized carbons (Fsp3) is 0.550. The first-order chi connectivity index (χ1) is 13.7. The largest absolute Gasteiger partial charge is 0.452 e. The van der Waals surface area contributed by atoms with Gasteiger partial charge in [-0.2, -0.15) is 8.42 Å². The summed E-state index contributed by atoms with van der Waals surface area (Å²) in [6, 6.07) is 6.76. The molecule has 0 aliphatic carbocycles. The van der Waals surface area contributed by atoms with E-state index in [4.69, 9.17) is 4.74 Å². The summed E-state index contributed by atoms with van der Waals surface area (Å²) in [7, 11) is -3.66. The van der Waals surface area contributed by atoms with Crippen LogP contribution in [0.3, 0.4) is 0 Å². The van der Waals surface area contributed by atoms with Crippen molar-refractivity contribution in [3.63, 3.8) is 0 Å². The number of hydrogen-bond acceptors (Lipinski definition) is 6. The van der Waals surface area contributed by atoms with Crippen molar-refractivity contribution in [3.05, 3.63) is 29.8 Å². The van der Waals surface area contributed by atoms with Crippen LogP contribution in [-0.4, -0.2) is 56.8 Å². The van der Waals surface area contributed by atoms with Gasteiger partial charge in [0.1, 0.15) is 4.90 Å². The second kappa shape index (κ2) is 8.52. The average Bonchev–Trinajstić information content (AvgIpc) is 2.97. The summed E-state index contributed by atoms with van der Waals surface area (Å²) >= 11 is 0. The molecule has 0 bridgehead atoms. The molecule has 0 spiro atoms. The number of ether oxygens (including phenoxy) is 1. The summed E-state index contributed by atoms with van der Waals surface area (Å²) in [5.74, 6) is -0.252. The van der Waals surface area contributed by atoms with E-state index < -0.39 is 22.1 Å². The fourth-order valence-electron chi connectivity index (χ4n) is 3.42. The molecule has 0 radical (unpaired) electrons. The van der Waals surface area contributed by atoms with Crippen LogP contribution in [0.5, 0.6) is 0 Å². The van der Waals surface area contributed by atoms with Gasteiger partial charge in [-0.1, -0.05) is 26.0 Å². The zero-order valence-electron chi connectivity index (χ0n) is 16.9. The quantitative estimate of drug-likeness (QED) is 0.724. The molecule has 9 heteroatoms. The molecule has 0 unspecified atom stereocenters. The molecule has 1 fully saturated rings. The number of sulfonamides is 1. The van der Waals surface area contributed by atoms with Crippen LogP contribution in [0.1, 0.15) is 39.2 Å². The first-order valence-electron chi connectivity index (χ1n) is 9.86. The number of piperidine rings is 1. The molecule has 2 aliphatic rings. The Morgan fingerprint density at radius 3 is 2.52 bits per heavy atom. The van der Waals surface area contributed by atoms with Gasteiger partial charge in [0, 0.05) is 25.2 Å². The van der Waals surface area contributed by atoms with Gasteiger partial charge >= 0.3 is 5.97 Å².